The van der Waals surface area contributed by atoms with Crippen LogP contribution in [0.25, 0.3) is 0 Å². The Morgan fingerprint density at radius 1 is 1.29 bits per heavy atom. The molecule has 0 spiro atoms. The lowest BCUT2D eigenvalue weighted by Gasteiger charge is -2.18. The van der Waals surface area contributed by atoms with Crippen molar-refractivity contribution in [3.63, 3.8) is 0 Å². The van der Waals surface area contributed by atoms with Crippen molar-refractivity contribution in [2.24, 2.45) is 5.92 Å². The zero-order chi connectivity index (χ0) is 10.7. The number of rotatable bonds is 3. The molecule has 1 rings (SSSR count). The Hall–Kier alpha value is 0.180. The number of hydrogen-bond acceptors (Lipinski definition) is 0. The van der Waals surface area contributed by atoms with Crippen molar-refractivity contribution in [1.29, 1.82) is 0 Å². The number of alkyl halides is 1. The van der Waals surface area contributed by atoms with Gasteiger partial charge in [0.1, 0.15) is 0 Å². The van der Waals surface area contributed by atoms with Gasteiger partial charge in [0.15, 0.2) is 0 Å². The third kappa shape index (κ3) is 2.83. The van der Waals surface area contributed by atoms with E-state index in [4.69, 9.17) is 0 Å². The molecule has 0 aliphatic carbocycles. The van der Waals surface area contributed by atoms with Crippen LogP contribution in [0, 0.1) is 12.8 Å². The van der Waals surface area contributed by atoms with Crippen LogP contribution in [0.3, 0.4) is 0 Å². The maximum Gasteiger partial charge on any atom is 0.0207 e. The van der Waals surface area contributed by atoms with E-state index in [1.165, 1.54) is 15.6 Å². The third-order valence-electron chi connectivity index (χ3n) is 2.82. The molecule has 2 heteroatoms. The second-order valence-corrected chi connectivity index (χ2v) is 5.43. The second kappa shape index (κ2) is 5.32. The van der Waals surface area contributed by atoms with Gasteiger partial charge < -0.3 is 0 Å². The van der Waals surface area contributed by atoms with Crippen molar-refractivity contribution < 1.29 is 0 Å². The summed E-state index contributed by atoms with van der Waals surface area (Å²) in [5.74, 6) is 1.27. The van der Waals surface area contributed by atoms with E-state index in [0.29, 0.717) is 11.8 Å². The SMILES string of the molecule is Cc1ccc(C(C)C(C)CBr)cc1Br. The Morgan fingerprint density at radius 2 is 1.93 bits per heavy atom. The van der Waals surface area contributed by atoms with Crippen LogP contribution in [-0.4, -0.2) is 5.33 Å². The fourth-order valence-corrected chi connectivity index (χ4v) is 2.31. The summed E-state index contributed by atoms with van der Waals surface area (Å²) in [6, 6.07) is 6.64. The van der Waals surface area contributed by atoms with Crippen LogP contribution in [0.5, 0.6) is 0 Å². The molecule has 78 valence electrons. The fourth-order valence-electron chi connectivity index (χ4n) is 1.35. The van der Waals surface area contributed by atoms with E-state index in [2.05, 4.69) is 70.8 Å². The quantitative estimate of drug-likeness (QED) is 0.696. The van der Waals surface area contributed by atoms with Crippen LogP contribution >= 0.6 is 31.9 Å². The predicted molar refractivity (Wildman–Crippen MR) is 70.3 cm³/mol. The highest BCUT2D eigenvalue weighted by molar-refractivity contribution is 9.10. The van der Waals surface area contributed by atoms with Crippen LogP contribution in [0.2, 0.25) is 0 Å². The number of hydrogen-bond donors (Lipinski definition) is 0. The highest BCUT2D eigenvalue weighted by atomic mass is 79.9. The Balaban J connectivity index is 2.91. The normalized spacial score (nSPS) is 15.2. The van der Waals surface area contributed by atoms with Gasteiger partial charge in [-0.25, -0.2) is 0 Å². The van der Waals surface area contributed by atoms with Crippen LogP contribution in [-0.2, 0) is 0 Å². The maximum absolute atomic E-state index is 3.57. The molecule has 1 aromatic carbocycles. The lowest BCUT2D eigenvalue weighted by Crippen LogP contribution is -2.07. The summed E-state index contributed by atoms with van der Waals surface area (Å²) in [6.45, 7) is 6.67. The van der Waals surface area contributed by atoms with Crippen LogP contribution in [0.4, 0.5) is 0 Å². The van der Waals surface area contributed by atoms with Crippen molar-refractivity contribution in [3.8, 4) is 0 Å². The van der Waals surface area contributed by atoms with Crippen molar-refractivity contribution in [3.05, 3.63) is 33.8 Å². The molecule has 0 amide bonds. The predicted octanol–water partition coefficient (Wildman–Crippen LogP) is 4.89. The summed E-state index contributed by atoms with van der Waals surface area (Å²) in [4.78, 5) is 0. The van der Waals surface area contributed by atoms with E-state index >= 15 is 0 Å². The Kier molecular flexibility index (Phi) is 4.65. The lowest BCUT2D eigenvalue weighted by atomic mass is 9.90. The molecule has 0 saturated heterocycles. The fraction of sp³-hybridized carbons (Fsp3) is 0.500. The number of aryl methyl sites for hydroxylation is 1. The first-order chi connectivity index (χ1) is 6.56. The van der Waals surface area contributed by atoms with E-state index in [1.54, 1.807) is 0 Å². The largest absolute Gasteiger partial charge is 0.0925 e. The van der Waals surface area contributed by atoms with Gasteiger partial charge in [0, 0.05) is 9.80 Å². The molecule has 0 saturated carbocycles. The lowest BCUT2D eigenvalue weighted by molar-refractivity contribution is 0.547. The molecule has 0 aromatic heterocycles. The van der Waals surface area contributed by atoms with Crippen molar-refractivity contribution in [1.82, 2.24) is 0 Å². The minimum Gasteiger partial charge on any atom is -0.0925 e. The Labute approximate surface area is 103 Å². The minimum absolute atomic E-state index is 0.603. The Bertz CT molecular complexity index is 307. The topological polar surface area (TPSA) is 0 Å². The first kappa shape index (κ1) is 12.3. The smallest absolute Gasteiger partial charge is 0.0207 e. The van der Waals surface area contributed by atoms with Gasteiger partial charge >= 0.3 is 0 Å². The molecule has 2 unspecified atom stereocenters. The molecule has 0 N–H and O–H groups in total. The van der Waals surface area contributed by atoms with Gasteiger partial charge in [-0.2, -0.15) is 0 Å². The molecule has 0 fully saturated rings. The molecule has 14 heavy (non-hydrogen) atoms. The summed E-state index contributed by atoms with van der Waals surface area (Å²) >= 11 is 7.11. The van der Waals surface area contributed by atoms with Gasteiger partial charge in [-0.1, -0.05) is 57.8 Å². The van der Waals surface area contributed by atoms with E-state index in [0.717, 1.165) is 5.33 Å². The molecular weight excluding hydrogens is 304 g/mol. The molecule has 1 aromatic rings. The molecule has 0 radical (unpaired) electrons. The number of benzene rings is 1. The van der Waals surface area contributed by atoms with Gasteiger partial charge in [-0.05, 0) is 36.0 Å². The van der Waals surface area contributed by atoms with Crippen molar-refractivity contribution >= 4 is 31.9 Å². The van der Waals surface area contributed by atoms with Crippen LogP contribution in [0.15, 0.2) is 22.7 Å². The molecule has 2 atom stereocenters. The zero-order valence-corrected chi connectivity index (χ0v) is 12.0. The summed E-state index contributed by atoms with van der Waals surface area (Å²) < 4.78 is 1.21. The first-order valence-electron chi connectivity index (χ1n) is 4.88. The molecule has 0 heterocycles. The molecule has 0 aliphatic rings. The van der Waals surface area contributed by atoms with Crippen LogP contribution < -0.4 is 0 Å². The molecule has 0 bridgehead atoms. The standard InChI is InChI=1S/C12H16Br2/c1-8-4-5-11(6-12(8)14)10(3)9(2)7-13/h4-6,9-10H,7H2,1-3H3. The number of halogens is 2. The summed E-state index contributed by atoms with van der Waals surface area (Å²) in [6.07, 6.45) is 0. The van der Waals surface area contributed by atoms with E-state index in [1.807, 2.05) is 0 Å². The van der Waals surface area contributed by atoms with Gasteiger partial charge in [0.25, 0.3) is 0 Å². The van der Waals surface area contributed by atoms with Crippen molar-refractivity contribution in [2.45, 2.75) is 26.7 Å². The van der Waals surface area contributed by atoms with E-state index in [-0.39, 0.29) is 0 Å². The van der Waals surface area contributed by atoms with Gasteiger partial charge in [-0.3, -0.25) is 0 Å². The molecule has 0 aliphatic heterocycles. The summed E-state index contributed by atoms with van der Waals surface area (Å²) in [5, 5.41) is 1.06. The Morgan fingerprint density at radius 3 is 2.43 bits per heavy atom. The highest BCUT2D eigenvalue weighted by Gasteiger charge is 2.13. The van der Waals surface area contributed by atoms with Crippen molar-refractivity contribution in [2.75, 3.05) is 5.33 Å². The van der Waals surface area contributed by atoms with Crippen LogP contribution in [0.1, 0.15) is 30.9 Å². The highest BCUT2D eigenvalue weighted by Crippen LogP contribution is 2.28. The van der Waals surface area contributed by atoms with E-state index in [9.17, 15) is 0 Å². The first-order valence-corrected chi connectivity index (χ1v) is 6.79. The zero-order valence-electron chi connectivity index (χ0n) is 8.85. The molecule has 0 nitrogen and oxygen atoms in total. The summed E-state index contributed by atoms with van der Waals surface area (Å²) in [5.41, 5.74) is 2.71. The average Bonchev–Trinajstić information content (AvgIpc) is 2.20. The van der Waals surface area contributed by atoms with Gasteiger partial charge in [-0.15, -0.1) is 0 Å². The maximum atomic E-state index is 3.57. The second-order valence-electron chi connectivity index (χ2n) is 3.93. The average molecular weight is 320 g/mol. The summed E-state index contributed by atoms with van der Waals surface area (Å²) in [7, 11) is 0. The monoisotopic (exact) mass is 318 g/mol. The van der Waals surface area contributed by atoms with Gasteiger partial charge in [0.2, 0.25) is 0 Å². The third-order valence-corrected chi connectivity index (χ3v) is 4.69. The van der Waals surface area contributed by atoms with Gasteiger partial charge in [0.05, 0.1) is 0 Å². The minimum atomic E-state index is 0.603. The molecular formula is C12H16Br2. The van der Waals surface area contributed by atoms with E-state index < -0.39 is 0 Å².